The minimum Gasteiger partial charge on any atom is -0.494 e. The van der Waals surface area contributed by atoms with Gasteiger partial charge in [-0.05, 0) is 43.0 Å². The number of aromatic carboxylic acids is 1. The third-order valence-electron chi connectivity index (χ3n) is 3.23. The van der Waals surface area contributed by atoms with Gasteiger partial charge in [0, 0.05) is 5.69 Å². The Morgan fingerprint density at radius 3 is 2.57 bits per heavy atom. The predicted octanol–water partition coefficient (Wildman–Crippen LogP) is 3.37. The van der Waals surface area contributed by atoms with E-state index >= 15 is 0 Å². The maximum Gasteiger partial charge on any atom is 0.337 e. The summed E-state index contributed by atoms with van der Waals surface area (Å²) < 4.78 is 5.57. The van der Waals surface area contributed by atoms with Crippen molar-refractivity contribution >= 4 is 11.7 Å². The summed E-state index contributed by atoms with van der Waals surface area (Å²) in [6, 6.07) is 15.0. The van der Waals surface area contributed by atoms with Gasteiger partial charge in [-0.25, -0.2) is 4.79 Å². The van der Waals surface area contributed by atoms with E-state index in [4.69, 9.17) is 15.6 Å². The van der Waals surface area contributed by atoms with Gasteiger partial charge in [-0.15, -0.1) is 0 Å². The number of unbranched alkanes of at least 4 members (excludes halogenated alkanes) is 1. The van der Waals surface area contributed by atoms with Gasteiger partial charge in [0.15, 0.2) is 0 Å². The van der Waals surface area contributed by atoms with Crippen LogP contribution < -0.4 is 10.5 Å². The highest BCUT2D eigenvalue weighted by Gasteiger charge is 2.08. The number of hydrogen-bond donors (Lipinski definition) is 2. The summed E-state index contributed by atoms with van der Waals surface area (Å²) in [6.07, 6.45) is 2.97. The second-order valence-electron chi connectivity index (χ2n) is 4.85. The third-order valence-corrected chi connectivity index (χ3v) is 3.23. The molecule has 0 saturated heterocycles. The number of carboxylic acids is 1. The van der Waals surface area contributed by atoms with Gasteiger partial charge in [0.25, 0.3) is 0 Å². The standard InChI is InChI=1S/C17H19NO3/c18-16-10-9-14(12-15(16)17(19)20)21-11-5-4-8-13-6-2-1-3-7-13/h1-3,6-7,9-10,12H,4-5,8,11,18H2,(H,19,20). The van der Waals surface area contributed by atoms with Crippen LogP contribution in [0.4, 0.5) is 5.69 Å². The lowest BCUT2D eigenvalue weighted by Crippen LogP contribution is -2.04. The van der Waals surface area contributed by atoms with Gasteiger partial charge >= 0.3 is 5.97 Å². The molecule has 0 fully saturated rings. The maximum atomic E-state index is 11.0. The highest BCUT2D eigenvalue weighted by molar-refractivity contribution is 5.94. The highest BCUT2D eigenvalue weighted by Crippen LogP contribution is 2.20. The summed E-state index contributed by atoms with van der Waals surface area (Å²) in [4.78, 5) is 11.0. The molecule has 2 rings (SSSR count). The van der Waals surface area contributed by atoms with Crippen molar-refractivity contribution in [1.29, 1.82) is 0 Å². The van der Waals surface area contributed by atoms with Gasteiger partial charge in [-0.2, -0.15) is 0 Å². The Morgan fingerprint density at radius 2 is 1.86 bits per heavy atom. The fraction of sp³-hybridized carbons (Fsp3) is 0.235. The molecule has 0 atom stereocenters. The molecule has 3 N–H and O–H groups in total. The van der Waals surface area contributed by atoms with Crippen LogP contribution in [0, 0.1) is 0 Å². The van der Waals surface area contributed by atoms with E-state index in [-0.39, 0.29) is 11.3 Å². The smallest absolute Gasteiger partial charge is 0.337 e. The largest absolute Gasteiger partial charge is 0.494 e. The van der Waals surface area contributed by atoms with Crippen molar-refractivity contribution in [2.75, 3.05) is 12.3 Å². The van der Waals surface area contributed by atoms with Crippen LogP contribution in [0.5, 0.6) is 5.75 Å². The van der Waals surface area contributed by atoms with Crippen molar-refractivity contribution in [2.24, 2.45) is 0 Å². The zero-order valence-electron chi connectivity index (χ0n) is 11.8. The van der Waals surface area contributed by atoms with E-state index in [9.17, 15) is 4.79 Å². The molecule has 4 nitrogen and oxygen atoms in total. The normalized spacial score (nSPS) is 10.3. The first-order chi connectivity index (χ1) is 10.2. The predicted molar refractivity (Wildman–Crippen MR) is 82.7 cm³/mol. The lowest BCUT2D eigenvalue weighted by Gasteiger charge is -2.08. The van der Waals surface area contributed by atoms with Crippen LogP contribution in [-0.2, 0) is 6.42 Å². The van der Waals surface area contributed by atoms with Crippen LogP contribution in [0.2, 0.25) is 0 Å². The summed E-state index contributed by atoms with van der Waals surface area (Å²) in [5, 5.41) is 8.99. The molecule has 0 unspecified atom stereocenters. The highest BCUT2D eigenvalue weighted by atomic mass is 16.5. The molecule has 0 amide bonds. The monoisotopic (exact) mass is 285 g/mol. The molecule has 0 heterocycles. The molecule has 2 aromatic carbocycles. The Bertz CT molecular complexity index is 596. The van der Waals surface area contributed by atoms with Crippen LogP contribution in [0.15, 0.2) is 48.5 Å². The zero-order valence-corrected chi connectivity index (χ0v) is 11.8. The van der Waals surface area contributed by atoms with Gasteiger partial charge in [-0.1, -0.05) is 30.3 Å². The van der Waals surface area contributed by atoms with Gasteiger partial charge in [0.05, 0.1) is 12.2 Å². The van der Waals surface area contributed by atoms with Crippen molar-refractivity contribution < 1.29 is 14.6 Å². The number of nitrogens with two attached hydrogens (primary N) is 1. The molecular weight excluding hydrogens is 266 g/mol. The Labute approximate surface area is 124 Å². The maximum absolute atomic E-state index is 11.0. The molecule has 4 heteroatoms. The number of anilines is 1. The fourth-order valence-electron chi connectivity index (χ4n) is 2.08. The summed E-state index contributed by atoms with van der Waals surface area (Å²) in [7, 11) is 0. The number of benzene rings is 2. The number of carboxylic acid groups (broad SMARTS) is 1. The summed E-state index contributed by atoms with van der Waals surface area (Å²) in [6.45, 7) is 0.565. The quantitative estimate of drug-likeness (QED) is 0.604. The summed E-state index contributed by atoms with van der Waals surface area (Å²) >= 11 is 0. The number of aryl methyl sites for hydroxylation is 1. The zero-order chi connectivity index (χ0) is 15.1. The third kappa shape index (κ3) is 4.53. The van der Waals surface area contributed by atoms with Crippen LogP contribution in [-0.4, -0.2) is 17.7 Å². The molecular formula is C17H19NO3. The SMILES string of the molecule is Nc1ccc(OCCCCc2ccccc2)cc1C(=O)O. The van der Waals surface area contributed by atoms with Gasteiger partial charge < -0.3 is 15.6 Å². The first-order valence-electron chi connectivity index (χ1n) is 6.96. The van der Waals surface area contributed by atoms with Gasteiger partial charge in [0.1, 0.15) is 5.75 Å². The van der Waals surface area contributed by atoms with E-state index in [0.717, 1.165) is 19.3 Å². The Morgan fingerprint density at radius 1 is 1.10 bits per heavy atom. The second kappa shape index (κ2) is 7.33. The molecule has 0 aliphatic rings. The van der Waals surface area contributed by atoms with Crippen LogP contribution in [0.25, 0.3) is 0 Å². The Hall–Kier alpha value is -2.49. The second-order valence-corrected chi connectivity index (χ2v) is 4.85. The van der Waals surface area contributed by atoms with Crippen molar-refractivity contribution in [3.8, 4) is 5.75 Å². The molecule has 0 aliphatic heterocycles. The Kier molecular flexibility index (Phi) is 5.21. The summed E-state index contributed by atoms with van der Waals surface area (Å²) in [5.41, 5.74) is 7.24. The van der Waals surface area contributed by atoms with E-state index in [0.29, 0.717) is 12.4 Å². The molecule has 0 radical (unpaired) electrons. The van der Waals surface area contributed by atoms with Crippen LogP contribution in [0.3, 0.4) is 0 Å². The molecule has 0 spiro atoms. The van der Waals surface area contributed by atoms with Gasteiger partial charge in [-0.3, -0.25) is 0 Å². The Balaban J connectivity index is 1.76. The molecule has 21 heavy (non-hydrogen) atoms. The molecule has 0 saturated carbocycles. The summed E-state index contributed by atoms with van der Waals surface area (Å²) in [5.74, 6) is -0.497. The number of hydrogen-bond acceptors (Lipinski definition) is 3. The van der Waals surface area contributed by atoms with E-state index in [2.05, 4.69) is 12.1 Å². The molecule has 110 valence electrons. The van der Waals surface area contributed by atoms with Crippen LogP contribution >= 0.6 is 0 Å². The average Bonchev–Trinajstić information content (AvgIpc) is 2.49. The van der Waals surface area contributed by atoms with Crippen molar-refractivity contribution in [2.45, 2.75) is 19.3 Å². The fourth-order valence-corrected chi connectivity index (χ4v) is 2.08. The topological polar surface area (TPSA) is 72.5 Å². The van der Waals surface area contributed by atoms with E-state index in [1.807, 2.05) is 18.2 Å². The lowest BCUT2D eigenvalue weighted by atomic mass is 10.1. The molecule has 2 aromatic rings. The molecule has 0 aromatic heterocycles. The molecule has 0 bridgehead atoms. The van der Waals surface area contributed by atoms with Crippen molar-refractivity contribution in [3.05, 3.63) is 59.7 Å². The number of carbonyl (C=O) groups is 1. The van der Waals surface area contributed by atoms with Crippen molar-refractivity contribution in [3.63, 3.8) is 0 Å². The first-order valence-corrected chi connectivity index (χ1v) is 6.96. The average molecular weight is 285 g/mol. The number of rotatable bonds is 7. The minimum atomic E-state index is -1.04. The molecule has 0 aliphatic carbocycles. The number of nitrogen functional groups attached to an aromatic ring is 1. The lowest BCUT2D eigenvalue weighted by molar-refractivity contribution is 0.0697. The van der Waals surface area contributed by atoms with Gasteiger partial charge in [0.2, 0.25) is 0 Å². The number of ether oxygens (including phenoxy) is 1. The minimum absolute atomic E-state index is 0.0804. The van der Waals surface area contributed by atoms with Crippen molar-refractivity contribution in [1.82, 2.24) is 0 Å². The first kappa shape index (κ1) is 14.9. The van der Waals surface area contributed by atoms with Crippen LogP contribution in [0.1, 0.15) is 28.8 Å². The van der Waals surface area contributed by atoms with E-state index in [1.165, 1.54) is 11.6 Å². The van der Waals surface area contributed by atoms with E-state index < -0.39 is 5.97 Å². The van der Waals surface area contributed by atoms with E-state index in [1.54, 1.807) is 12.1 Å².